The average Bonchev–Trinajstić information content (AvgIpc) is 3.32. The van der Waals surface area contributed by atoms with Crippen molar-refractivity contribution in [1.82, 2.24) is 0 Å². The zero-order valence-corrected chi connectivity index (χ0v) is 14.0. The Morgan fingerprint density at radius 1 is 1.14 bits per heavy atom. The summed E-state index contributed by atoms with van der Waals surface area (Å²) in [6.45, 7) is 7.72. The van der Waals surface area contributed by atoms with Crippen LogP contribution in [0.25, 0.3) is 0 Å². The molecule has 1 fully saturated rings. The Labute approximate surface area is 128 Å². The molecule has 1 aliphatic rings. The average molecular weight is 310 g/mol. The van der Waals surface area contributed by atoms with Gasteiger partial charge in [0.15, 0.2) is 0 Å². The molecular formula is C16H26O4Si. The summed E-state index contributed by atoms with van der Waals surface area (Å²) in [5, 5.41) is 1.21. The lowest BCUT2D eigenvalue weighted by Gasteiger charge is -2.30. The van der Waals surface area contributed by atoms with E-state index in [-0.39, 0.29) is 0 Å². The number of epoxide rings is 1. The van der Waals surface area contributed by atoms with E-state index in [0.717, 1.165) is 25.7 Å². The Bertz CT molecular complexity index is 389. The van der Waals surface area contributed by atoms with Gasteiger partial charge in [0.2, 0.25) is 0 Å². The minimum absolute atomic E-state index is 0.333. The molecule has 1 aliphatic heterocycles. The fraction of sp³-hybridized carbons (Fsp3) is 0.625. The van der Waals surface area contributed by atoms with Gasteiger partial charge in [-0.1, -0.05) is 30.3 Å². The molecule has 0 spiro atoms. The Morgan fingerprint density at radius 2 is 1.81 bits per heavy atom. The molecule has 0 N–H and O–H groups in total. The van der Waals surface area contributed by atoms with Gasteiger partial charge in [0, 0.05) is 19.8 Å². The molecule has 0 radical (unpaired) electrons. The molecule has 21 heavy (non-hydrogen) atoms. The van der Waals surface area contributed by atoms with Gasteiger partial charge in [-0.25, -0.2) is 0 Å². The summed E-state index contributed by atoms with van der Waals surface area (Å²) < 4.78 is 23.0. The minimum Gasteiger partial charge on any atom is -0.391 e. The van der Waals surface area contributed by atoms with Gasteiger partial charge < -0.3 is 18.3 Å². The summed E-state index contributed by atoms with van der Waals surface area (Å²) >= 11 is 0. The van der Waals surface area contributed by atoms with Gasteiger partial charge in [0.25, 0.3) is 0 Å². The largest absolute Gasteiger partial charge is 0.391 e. The van der Waals surface area contributed by atoms with Crippen LogP contribution in [0.1, 0.15) is 20.3 Å². The molecule has 1 saturated heterocycles. The quantitative estimate of drug-likeness (QED) is 0.357. The highest BCUT2D eigenvalue weighted by Gasteiger charge is 2.39. The summed E-state index contributed by atoms with van der Waals surface area (Å²) in [6.07, 6.45) is 1.29. The van der Waals surface area contributed by atoms with Gasteiger partial charge in [0.1, 0.15) is 6.10 Å². The third kappa shape index (κ3) is 5.20. The third-order valence-corrected chi connectivity index (χ3v) is 7.20. The molecule has 0 aromatic heterocycles. The lowest BCUT2D eigenvalue weighted by molar-refractivity contribution is 0.113. The molecule has 118 valence electrons. The Balaban J connectivity index is 1.92. The molecule has 0 bridgehead atoms. The van der Waals surface area contributed by atoms with E-state index in [9.17, 15) is 0 Å². The number of rotatable bonds is 11. The number of hydrogen-bond acceptors (Lipinski definition) is 4. The van der Waals surface area contributed by atoms with Gasteiger partial charge in [-0.05, 0) is 31.5 Å². The summed E-state index contributed by atoms with van der Waals surface area (Å²) in [6, 6.07) is 11.3. The van der Waals surface area contributed by atoms with Crippen molar-refractivity contribution >= 4 is 13.7 Å². The highest BCUT2D eigenvalue weighted by molar-refractivity contribution is 6.81. The smallest absolute Gasteiger partial charge is 0.372 e. The molecule has 0 amide bonds. The maximum Gasteiger partial charge on any atom is 0.372 e. The minimum atomic E-state index is -2.34. The first kappa shape index (κ1) is 16.6. The third-order valence-electron chi connectivity index (χ3n) is 3.47. The second kappa shape index (κ2) is 8.65. The molecule has 1 heterocycles. The van der Waals surface area contributed by atoms with E-state index in [4.69, 9.17) is 18.3 Å². The van der Waals surface area contributed by atoms with Crippen LogP contribution in [-0.4, -0.2) is 47.7 Å². The van der Waals surface area contributed by atoms with Crippen molar-refractivity contribution in [3.8, 4) is 0 Å². The second-order valence-corrected chi connectivity index (χ2v) is 8.28. The van der Waals surface area contributed by atoms with E-state index in [2.05, 4.69) is 24.3 Å². The van der Waals surface area contributed by atoms with Gasteiger partial charge in [-0.15, -0.1) is 0 Å². The van der Waals surface area contributed by atoms with Crippen LogP contribution in [0.15, 0.2) is 30.3 Å². The highest BCUT2D eigenvalue weighted by atomic mass is 28.4. The van der Waals surface area contributed by atoms with Crippen molar-refractivity contribution in [1.29, 1.82) is 0 Å². The predicted octanol–water partition coefficient (Wildman–Crippen LogP) is 2.21. The van der Waals surface area contributed by atoms with E-state index >= 15 is 0 Å². The summed E-state index contributed by atoms with van der Waals surface area (Å²) in [7, 11) is -2.34. The number of ether oxygens (including phenoxy) is 2. The maximum atomic E-state index is 6.13. The van der Waals surface area contributed by atoms with Crippen molar-refractivity contribution in [3.05, 3.63) is 30.3 Å². The molecular weight excluding hydrogens is 284 g/mol. The molecule has 1 unspecified atom stereocenters. The highest BCUT2D eigenvalue weighted by Crippen LogP contribution is 2.17. The molecule has 1 atom stereocenters. The van der Waals surface area contributed by atoms with Crippen LogP contribution in [0.3, 0.4) is 0 Å². The molecule has 0 aliphatic carbocycles. The van der Waals surface area contributed by atoms with E-state index in [1.807, 2.05) is 19.9 Å². The standard InChI is InChI=1S/C16H26O4Si/c1-3-19-21(20-4-2,16-9-6-5-7-10-16)12-8-11-17-13-15-14-18-15/h5-7,9-10,15H,3-4,8,11-14H2,1-2H3. The fourth-order valence-electron chi connectivity index (χ4n) is 2.44. The van der Waals surface area contributed by atoms with Gasteiger partial charge in [-0.3, -0.25) is 0 Å². The van der Waals surface area contributed by atoms with Crippen LogP contribution in [0, 0.1) is 0 Å². The normalized spacial score (nSPS) is 17.9. The van der Waals surface area contributed by atoms with Crippen molar-refractivity contribution in [2.24, 2.45) is 0 Å². The van der Waals surface area contributed by atoms with Crippen LogP contribution >= 0.6 is 0 Å². The topological polar surface area (TPSA) is 40.2 Å². The molecule has 2 rings (SSSR count). The first-order valence-electron chi connectivity index (χ1n) is 7.83. The predicted molar refractivity (Wildman–Crippen MR) is 85.1 cm³/mol. The zero-order valence-electron chi connectivity index (χ0n) is 13.0. The van der Waals surface area contributed by atoms with E-state index < -0.39 is 8.56 Å². The SMILES string of the molecule is CCO[Si](CCCOCC1CO1)(OCC)c1ccccc1. The van der Waals surface area contributed by atoms with E-state index in [1.54, 1.807) is 0 Å². The van der Waals surface area contributed by atoms with E-state index in [0.29, 0.717) is 25.9 Å². The van der Waals surface area contributed by atoms with Crippen LogP contribution in [0.5, 0.6) is 0 Å². The molecule has 0 saturated carbocycles. The molecule has 4 nitrogen and oxygen atoms in total. The van der Waals surface area contributed by atoms with Crippen molar-refractivity contribution < 1.29 is 18.3 Å². The number of benzene rings is 1. The second-order valence-electron chi connectivity index (χ2n) is 5.12. The Kier molecular flexibility index (Phi) is 6.86. The van der Waals surface area contributed by atoms with Gasteiger partial charge >= 0.3 is 8.56 Å². The van der Waals surface area contributed by atoms with Crippen LogP contribution in [0.4, 0.5) is 0 Å². The Hall–Kier alpha value is -0.723. The summed E-state index contributed by atoms with van der Waals surface area (Å²) in [5.74, 6) is 0. The summed E-state index contributed by atoms with van der Waals surface area (Å²) in [4.78, 5) is 0. The van der Waals surface area contributed by atoms with Crippen molar-refractivity contribution in [2.45, 2.75) is 32.4 Å². The first-order valence-corrected chi connectivity index (χ1v) is 9.86. The number of hydrogen-bond donors (Lipinski definition) is 0. The lowest BCUT2D eigenvalue weighted by Crippen LogP contribution is -2.54. The Morgan fingerprint density at radius 3 is 2.38 bits per heavy atom. The van der Waals surface area contributed by atoms with Crippen molar-refractivity contribution in [3.63, 3.8) is 0 Å². The summed E-state index contributed by atoms with van der Waals surface area (Å²) in [5.41, 5.74) is 0. The fourth-order valence-corrected chi connectivity index (χ4v) is 5.68. The maximum absolute atomic E-state index is 6.13. The van der Waals surface area contributed by atoms with Crippen LogP contribution < -0.4 is 5.19 Å². The first-order chi connectivity index (χ1) is 10.3. The monoisotopic (exact) mass is 310 g/mol. The lowest BCUT2D eigenvalue weighted by atomic mass is 10.4. The van der Waals surface area contributed by atoms with Crippen LogP contribution in [0.2, 0.25) is 6.04 Å². The van der Waals surface area contributed by atoms with Gasteiger partial charge in [0.05, 0.1) is 13.2 Å². The molecule has 1 aromatic rings. The van der Waals surface area contributed by atoms with Crippen molar-refractivity contribution in [2.75, 3.05) is 33.0 Å². The zero-order chi connectivity index (χ0) is 15.0. The van der Waals surface area contributed by atoms with Gasteiger partial charge in [-0.2, -0.15) is 0 Å². The molecule has 5 heteroatoms. The van der Waals surface area contributed by atoms with Crippen LogP contribution in [-0.2, 0) is 18.3 Å². The molecule has 1 aromatic carbocycles. The van der Waals surface area contributed by atoms with E-state index in [1.165, 1.54) is 5.19 Å².